The van der Waals surface area contributed by atoms with Gasteiger partial charge in [-0.1, -0.05) is 28.1 Å². The van der Waals surface area contributed by atoms with Crippen LogP contribution in [0.25, 0.3) is 0 Å². The number of amides is 1. The Balaban J connectivity index is 1.55. The van der Waals surface area contributed by atoms with Crippen molar-refractivity contribution in [3.63, 3.8) is 0 Å². The standard InChI is InChI=1S/C21H25BrN2O4S/c1-28-19-8-4-16(5-9-19)12-13-23-21(25)17-3-2-14-24(15-17)29(26,27)20-10-6-18(22)7-11-20/h4-11,17H,2-3,12-15H2,1H3,(H,23,25). The highest BCUT2D eigenvalue weighted by molar-refractivity contribution is 9.10. The van der Waals surface area contributed by atoms with Gasteiger partial charge in [0.25, 0.3) is 0 Å². The number of halogens is 1. The van der Waals surface area contributed by atoms with Crippen molar-refractivity contribution in [1.82, 2.24) is 9.62 Å². The van der Waals surface area contributed by atoms with Gasteiger partial charge in [0.2, 0.25) is 15.9 Å². The smallest absolute Gasteiger partial charge is 0.243 e. The molecule has 29 heavy (non-hydrogen) atoms. The molecule has 1 fully saturated rings. The lowest BCUT2D eigenvalue weighted by molar-refractivity contribution is -0.126. The lowest BCUT2D eigenvalue weighted by atomic mass is 9.99. The van der Waals surface area contributed by atoms with Crippen LogP contribution < -0.4 is 10.1 Å². The average Bonchev–Trinajstić information content (AvgIpc) is 2.74. The molecular formula is C21H25BrN2O4S. The highest BCUT2D eigenvalue weighted by Gasteiger charge is 2.33. The van der Waals surface area contributed by atoms with Crippen LogP contribution >= 0.6 is 15.9 Å². The largest absolute Gasteiger partial charge is 0.497 e. The Morgan fingerprint density at radius 1 is 1.17 bits per heavy atom. The van der Waals surface area contributed by atoms with Crippen LogP contribution in [0.1, 0.15) is 18.4 Å². The zero-order valence-corrected chi connectivity index (χ0v) is 18.7. The van der Waals surface area contributed by atoms with Gasteiger partial charge in [-0.3, -0.25) is 4.79 Å². The van der Waals surface area contributed by atoms with Crippen molar-refractivity contribution in [2.75, 3.05) is 26.7 Å². The van der Waals surface area contributed by atoms with Crippen LogP contribution in [0.3, 0.4) is 0 Å². The molecule has 1 N–H and O–H groups in total. The summed E-state index contributed by atoms with van der Waals surface area (Å²) in [6.45, 7) is 1.17. The molecule has 0 aliphatic carbocycles. The number of carbonyl (C=O) groups is 1. The van der Waals surface area contributed by atoms with Gasteiger partial charge in [-0.25, -0.2) is 8.42 Å². The van der Waals surface area contributed by atoms with E-state index in [1.807, 2.05) is 24.3 Å². The summed E-state index contributed by atoms with van der Waals surface area (Å²) in [4.78, 5) is 12.8. The predicted molar refractivity (Wildman–Crippen MR) is 115 cm³/mol. The fourth-order valence-electron chi connectivity index (χ4n) is 3.40. The molecule has 0 radical (unpaired) electrons. The molecule has 1 aliphatic heterocycles. The molecule has 0 spiro atoms. The molecule has 1 amide bonds. The first-order valence-corrected chi connectivity index (χ1v) is 11.8. The Kier molecular flexibility index (Phi) is 7.32. The molecule has 2 aromatic rings. The van der Waals surface area contributed by atoms with Crippen molar-refractivity contribution in [2.24, 2.45) is 5.92 Å². The van der Waals surface area contributed by atoms with Gasteiger partial charge in [-0.2, -0.15) is 4.31 Å². The average molecular weight is 481 g/mol. The zero-order chi connectivity index (χ0) is 20.9. The van der Waals surface area contributed by atoms with Crippen molar-refractivity contribution in [3.05, 3.63) is 58.6 Å². The second kappa shape index (κ2) is 9.73. The SMILES string of the molecule is COc1ccc(CCNC(=O)C2CCCN(S(=O)(=O)c3ccc(Br)cc3)C2)cc1. The lowest BCUT2D eigenvalue weighted by Crippen LogP contribution is -2.45. The van der Waals surface area contributed by atoms with Crippen molar-refractivity contribution >= 4 is 31.9 Å². The third-order valence-electron chi connectivity index (χ3n) is 5.08. The lowest BCUT2D eigenvalue weighted by Gasteiger charge is -2.31. The molecular weight excluding hydrogens is 456 g/mol. The van der Waals surface area contributed by atoms with Crippen LogP contribution in [0.2, 0.25) is 0 Å². The molecule has 1 atom stereocenters. The number of methoxy groups -OCH3 is 1. The number of piperidine rings is 1. The van der Waals surface area contributed by atoms with Crippen molar-refractivity contribution in [1.29, 1.82) is 0 Å². The molecule has 1 aliphatic rings. The van der Waals surface area contributed by atoms with E-state index in [1.165, 1.54) is 4.31 Å². The number of hydrogen-bond acceptors (Lipinski definition) is 4. The van der Waals surface area contributed by atoms with Crippen LogP contribution in [0.15, 0.2) is 57.9 Å². The Bertz CT molecular complexity index is 930. The summed E-state index contributed by atoms with van der Waals surface area (Å²) in [6, 6.07) is 14.3. The summed E-state index contributed by atoms with van der Waals surface area (Å²) >= 11 is 3.32. The number of carbonyl (C=O) groups excluding carboxylic acids is 1. The summed E-state index contributed by atoms with van der Waals surface area (Å²) in [5.74, 6) is 0.381. The van der Waals surface area contributed by atoms with Crippen molar-refractivity contribution in [3.8, 4) is 5.75 Å². The second-order valence-corrected chi connectivity index (χ2v) is 9.90. The Morgan fingerprint density at radius 3 is 2.52 bits per heavy atom. The van der Waals surface area contributed by atoms with Crippen LogP contribution in [0, 0.1) is 5.92 Å². The molecule has 8 heteroatoms. The number of nitrogens with one attached hydrogen (secondary N) is 1. The third-order valence-corrected chi connectivity index (χ3v) is 7.49. The number of sulfonamides is 1. The summed E-state index contributed by atoms with van der Waals surface area (Å²) in [6.07, 6.45) is 2.08. The molecule has 1 heterocycles. The number of ether oxygens (including phenoxy) is 1. The fraction of sp³-hybridized carbons (Fsp3) is 0.381. The van der Waals surface area contributed by atoms with Crippen molar-refractivity contribution in [2.45, 2.75) is 24.2 Å². The van der Waals surface area contributed by atoms with Gasteiger partial charge in [-0.15, -0.1) is 0 Å². The molecule has 3 rings (SSSR count). The summed E-state index contributed by atoms with van der Waals surface area (Å²) < 4.78 is 33.2. The van der Waals surface area contributed by atoms with E-state index in [4.69, 9.17) is 4.74 Å². The van der Waals surface area contributed by atoms with Gasteiger partial charge >= 0.3 is 0 Å². The first-order valence-electron chi connectivity index (χ1n) is 9.56. The van der Waals surface area contributed by atoms with E-state index in [1.54, 1.807) is 31.4 Å². The van der Waals surface area contributed by atoms with Gasteiger partial charge in [0.05, 0.1) is 17.9 Å². The molecule has 6 nitrogen and oxygen atoms in total. The number of benzene rings is 2. The third kappa shape index (κ3) is 5.58. The van der Waals surface area contributed by atoms with E-state index >= 15 is 0 Å². The van der Waals surface area contributed by atoms with Gasteiger partial charge < -0.3 is 10.1 Å². The van der Waals surface area contributed by atoms with Gasteiger partial charge in [0, 0.05) is 24.1 Å². The molecule has 2 aromatic carbocycles. The number of nitrogens with zero attached hydrogens (tertiary/aromatic N) is 1. The van der Waals surface area contributed by atoms with Gasteiger partial charge in [0.1, 0.15) is 5.75 Å². The monoisotopic (exact) mass is 480 g/mol. The quantitative estimate of drug-likeness (QED) is 0.659. The van der Waals surface area contributed by atoms with E-state index in [-0.39, 0.29) is 23.3 Å². The van der Waals surface area contributed by atoms with Gasteiger partial charge in [-0.05, 0) is 61.2 Å². The van der Waals surface area contributed by atoms with E-state index in [0.29, 0.717) is 32.4 Å². The molecule has 0 aromatic heterocycles. The maximum Gasteiger partial charge on any atom is 0.243 e. The maximum atomic E-state index is 12.9. The van der Waals surface area contributed by atoms with Crippen LogP contribution in [0.4, 0.5) is 0 Å². The maximum absolute atomic E-state index is 12.9. The molecule has 0 saturated carbocycles. The number of hydrogen-bond donors (Lipinski definition) is 1. The summed E-state index contributed by atoms with van der Waals surface area (Å²) in [7, 11) is -1.97. The Labute approximate surface area is 180 Å². The van der Waals surface area contributed by atoms with Crippen LogP contribution in [-0.4, -0.2) is 45.4 Å². The zero-order valence-electron chi connectivity index (χ0n) is 16.3. The first kappa shape index (κ1) is 21.8. The van der Waals surface area contributed by atoms with Crippen LogP contribution in [0.5, 0.6) is 5.75 Å². The molecule has 1 unspecified atom stereocenters. The molecule has 0 bridgehead atoms. The van der Waals surface area contributed by atoms with E-state index < -0.39 is 10.0 Å². The fourth-order valence-corrected chi connectivity index (χ4v) is 5.19. The topological polar surface area (TPSA) is 75.7 Å². The molecule has 1 saturated heterocycles. The normalized spacial score (nSPS) is 17.7. The van der Waals surface area contributed by atoms with Crippen LogP contribution in [-0.2, 0) is 21.2 Å². The Hall–Kier alpha value is -1.90. The second-order valence-electron chi connectivity index (χ2n) is 7.05. The van der Waals surface area contributed by atoms with Gasteiger partial charge in [0.15, 0.2) is 0 Å². The minimum absolute atomic E-state index is 0.0887. The first-order chi connectivity index (χ1) is 13.9. The predicted octanol–water partition coefficient (Wildman–Crippen LogP) is 3.22. The Morgan fingerprint density at radius 2 is 1.86 bits per heavy atom. The molecule has 156 valence electrons. The highest BCUT2D eigenvalue weighted by atomic mass is 79.9. The van der Waals surface area contributed by atoms with E-state index in [2.05, 4.69) is 21.2 Å². The highest BCUT2D eigenvalue weighted by Crippen LogP contribution is 2.25. The summed E-state index contributed by atoms with van der Waals surface area (Å²) in [5, 5.41) is 2.95. The minimum Gasteiger partial charge on any atom is -0.497 e. The number of rotatable bonds is 7. The van der Waals surface area contributed by atoms with E-state index in [0.717, 1.165) is 15.8 Å². The summed E-state index contributed by atoms with van der Waals surface area (Å²) in [5.41, 5.74) is 1.11. The van der Waals surface area contributed by atoms with E-state index in [9.17, 15) is 13.2 Å². The van der Waals surface area contributed by atoms with Crippen molar-refractivity contribution < 1.29 is 17.9 Å². The minimum atomic E-state index is -3.59.